The molecule has 0 spiro atoms. The van der Waals surface area contributed by atoms with E-state index in [9.17, 15) is 18.0 Å². The van der Waals surface area contributed by atoms with E-state index in [0.717, 1.165) is 19.4 Å². The van der Waals surface area contributed by atoms with Gasteiger partial charge in [-0.1, -0.05) is 6.92 Å². The van der Waals surface area contributed by atoms with Crippen LogP contribution >= 0.6 is 0 Å². The van der Waals surface area contributed by atoms with Gasteiger partial charge in [0.05, 0.1) is 11.7 Å². The second-order valence-electron chi connectivity index (χ2n) is 7.90. The minimum absolute atomic E-state index is 0.0399. The largest absolute Gasteiger partial charge is 0.356 e. The first-order valence-corrected chi connectivity index (χ1v) is 12.0. The third-order valence-corrected chi connectivity index (χ3v) is 6.72. The van der Waals surface area contributed by atoms with Gasteiger partial charge in [-0.2, -0.15) is 0 Å². The third-order valence-electron chi connectivity index (χ3n) is 5.22. The lowest BCUT2D eigenvalue weighted by Gasteiger charge is -2.32. The number of carbonyl (C=O) groups is 2. The van der Waals surface area contributed by atoms with Crippen molar-refractivity contribution in [2.75, 3.05) is 35.4 Å². The summed E-state index contributed by atoms with van der Waals surface area (Å²) in [6, 6.07) is 6.31. The predicted molar refractivity (Wildman–Crippen MR) is 113 cm³/mol. The van der Waals surface area contributed by atoms with E-state index in [1.54, 1.807) is 36.1 Å². The van der Waals surface area contributed by atoms with Gasteiger partial charge in [0, 0.05) is 31.0 Å². The van der Waals surface area contributed by atoms with E-state index < -0.39 is 10.0 Å². The molecule has 160 valence electrons. The topological polar surface area (TPSA) is 108 Å². The molecule has 3 amide bonds. The molecule has 1 aliphatic heterocycles. The van der Waals surface area contributed by atoms with E-state index >= 15 is 0 Å². The minimum atomic E-state index is -3.34. The molecule has 29 heavy (non-hydrogen) atoms. The number of sulfonamides is 1. The number of benzene rings is 1. The summed E-state index contributed by atoms with van der Waals surface area (Å²) in [5.74, 6) is 0.577. The van der Waals surface area contributed by atoms with Crippen LogP contribution in [0.2, 0.25) is 0 Å². The van der Waals surface area contributed by atoms with Crippen molar-refractivity contribution in [2.45, 2.75) is 39.0 Å². The van der Waals surface area contributed by atoms with Gasteiger partial charge in [0.2, 0.25) is 15.9 Å². The molecule has 3 rings (SSSR count). The quantitative estimate of drug-likeness (QED) is 0.598. The minimum Gasteiger partial charge on any atom is -0.356 e. The first-order chi connectivity index (χ1) is 13.9. The number of nitrogens with one attached hydrogen (secondary N) is 3. The van der Waals surface area contributed by atoms with Crippen LogP contribution in [0.25, 0.3) is 0 Å². The van der Waals surface area contributed by atoms with Gasteiger partial charge in [-0.25, -0.2) is 13.2 Å². The van der Waals surface area contributed by atoms with Crippen molar-refractivity contribution < 1.29 is 18.0 Å². The number of piperidine rings is 1. The van der Waals surface area contributed by atoms with Crippen LogP contribution in [-0.2, 0) is 14.8 Å². The molecule has 0 bridgehead atoms. The number of likely N-dealkylation sites (tertiary alicyclic amines) is 1. The van der Waals surface area contributed by atoms with Crippen LogP contribution in [0.1, 0.15) is 39.0 Å². The summed E-state index contributed by atoms with van der Waals surface area (Å²) < 4.78 is 26.2. The molecule has 8 nitrogen and oxygen atoms in total. The molecular formula is C20H30N4O4S. The average molecular weight is 423 g/mol. The Morgan fingerprint density at radius 2 is 1.79 bits per heavy atom. The Kier molecular flexibility index (Phi) is 7.00. The second kappa shape index (κ2) is 9.47. The molecule has 0 aromatic heterocycles. The maximum atomic E-state index is 12.6. The smallest absolute Gasteiger partial charge is 0.321 e. The lowest BCUT2D eigenvalue weighted by molar-refractivity contribution is -0.126. The number of anilines is 2. The molecular weight excluding hydrogens is 392 g/mol. The highest BCUT2D eigenvalue weighted by molar-refractivity contribution is 7.92. The maximum absolute atomic E-state index is 12.6. The van der Waals surface area contributed by atoms with E-state index in [1.807, 2.05) is 0 Å². The monoisotopic (exact) mass is 422 g/mol. The van der Waals surface area contributed by atoms with E-state index in [-0.39, 0.29) is 23.6 Å². The van der Waals surface area contributed by atoms with Gasteiger partial charge < -0.3 is 15.5 Å². The molecule has 1 aromatic carbocycles. The Morgan fingerprint density at radius 1 is 1.10 bits per heavy atom. The van der Waals surface area contributed by atoms with Crippen molar-refractivity contribution >= 4 is 33.3 Å². The summed E-state index contributed by atoms with van der Waals surface area (Å²) in [6.07, 6.45) is 4.52. The molecule has 1 aliphatic carbocycles. The fourth-order valence-electron chi connectivity index (χ4n) is 3.41. The molecule has 1 aromatic rings. The van der Waals surface area contributed by atoms with Gasteiger partial charge in [0.1, 0.15) is 0 Å². The fraction of sp³-hybridized carbons (Fsp3) is 0.600. The normalized spacial score (nSPS) is 19.5. The van der Waals surface area contributed by atoms with E-state index in [2.05, 4.69) is 15.4 Å². The van der Waals surface area contributed by atoms with Crippen molar-refractivity contribution in [1.29, 1.82) is 0 Å². The van der Waals surface area contributed by atoms with Gasteiger partial charge in [-0.15, -0.1) is 0 Å². The van der Waals surface area contributed by atoms with Crippen LogP contribution in [0.15, 0.2) is 24.3 Å². The van der Waals surface area contributed by atoms with Gasteiger partial charge in [0.25, 0.3) is 0 Å². The Morgan fingerprint density at radius 3 is 2.45 bits per heavy atom. The average Bonchev–Trinajstić information content (AvgIpc) is 3.52. The number of urea groups is 1. The summed E-state index contributed by atoms with van der Waals surface area (Å²) in [4.78, 5) is 26.6. The van der Waals surface area contributed by atoms with Gasteiger partial charge in [-0.05, 0) is 62.3 Å². The first kappa shape index (κ1) is 21.4. The number of carbonyl (C=O) groups excluding carboxylic acids is 2. The Bertz CT molecular complexity index is 821. The van der Waals surface area contributed by atoms with Crippen LogP contribution in [-0.4, -0.2) is 50.6 Å². The van der Waals surface area contributed by atoms with Crippen molar-refractivity contribution in [1.82, 2.24) is 10.2 Å². The molecule has 1 atom stereocenters. The van der Waals surface area contributed by atoms with Crippen LogP contribution in [0, 0.1) is 11.8 Å². The van der Waals surface area contributed by atoms with Crippen molar-refractivity contribution in [3.05, 3.63) is 24.3 Å². The van der Waals surface area contributed by atoms with Crippen molar-refractivity contribution in [3.8, 4) is 0 Å². The highest BCUT2D eigenvalue weighted by Gasteiger charge is 2.30. The summed E-state index contributed by atoms with van der Waals surface area (Å²) in [5.41, 5.74) is 1.04. The van der Waals surface area contributed by atoms with Gasteiger partial charge in [0.15, 0.2) is 0 Å². The predicted octanol–water partition coefficient (Wildman–Crippen LogP) is 2.61. The van der Waals surface area contributed by atoms with Crippen molar-refractivity contribution in [3.63, 3.8) is 0 Å². The highest BCUT2D eigenvalue weighted by Crippen LogP contribution is 2.28. The van der Waals surface area contributed by atoms with E-state index in [4.69, 9.17) is 0 Å². The first-order valence-electron chi connectivity index (χ1n) is 10.3. The van der Waals surface area contributed by atoms with E-state index in [0.29, 0.717) is 36.8 Å². The zero-order valence-electron chi connectivity index (χ0n) is 16.8. The molecule has 1 heterocycles. The van der Waals surface area contributed by atoms with Crippen molar-refractivity contribution in [2.24, 2.45) is 11.8 Å². The molecule has 1 saturated carbocycles. The van der Waals surface area contributed by atoms with E-state index in [1.165, 1.54) is 12.8 Å². The number of amides is 3. The van der Waals surface area contributed by atoms with Crippen LogP contribution in [0.5, 0.6) is 0 Å². The van der Waals surface area contributed by atoms with Crippen LogP contribution < -0.4 is 15.4 Å². The third kappa shape index (κ3) is 6.62. The number of hydrogen-bond acceptors (Lipinski definition) is 4. The lowest BCUT2D eigenvalue weighted by atomic mass is 9.97. The second-order valence-corrected chi connectivity index (χ2v) is 9.74. The number of hydrogen-bond donors (Lipinski definition) is 3. The summed E-state index contributed by atoms with van der Waals surface area (Å²) in [5, 5.41) is 5.83. The molecule has 1 unspecified atom stereocenters. The summed E-state index contributed by atoms with van der Waals surface area (Å²) in [7, 11) is -3.34. The van der Waals surface area contributed by atoms with Gasteiger partial charge in [-0.3, -0.25) is 9.52 Å². The Balaban J connectivity index is 1.50. The Hall–Kier alpha value is -2.29. The molecule has 9 heteroatoms. The molecule has 1 saturated heterocycles. The molecule has 2 fully saturated rings. The zero-order valence-corrected chi connectivity index (χ0v) is 17.6. The standard InChI is InChI=1S/C20H30N4O4S/c1-2-12-29(27,28)23-18-9-7-17(8-10-18)22-20(26)24-11-3-4-16(14-24)19(25)21-13-15-5-6-15/h7-10,15-16,23H,2-6,11-14H2,1H3,(H,21,25)(H,22,26). The molecule has 0 radical (unpaired) electrons. The SMILES string of the molecule is CCCS(=O)(=O)Nc1ccc(NC(=O)N2CCCC(C(=O)NCC3CC3)C2)cc1. The molecule has 2 aliphatic rings. The summed E-state index contributed by atoms with van der Waals surface area (Å²) >= 11 is 0. The molecule has 3 N–H and O–H groups in total. The van der Waals surface area contributed by atoms with Gasteiger partial charge >= 0.3 is 6.03 Å². The number of nitrogens with zero attached hydrogens (tertiary/aromatic N) is 1. The zero-order chi connectivity index (χ0) is 20.9. The fourth-order valence-corrected chi connectivity index (χ4v) is 4.55. The van der Waals surface area contributed by atoms with Crippen LogP contribution in [0.3, 0.4) is 0 Å². The highest BCUT2D eigenvalue weighted by atomic mass is 32.2. The Labute approximate surface area is 172 Å². The summed E-state index contributed by atoms with van der Waals surface area (Å²) in [6.45, 7) is 3.58. The van der Waals surface area contributed by atoms with Crippen LogP contribution in [0.4, 0.5) is 16.2 Å². The lowest BCUT2D eigenvalue weighted by Crippen LogP contribution is -2.47. The maximum Gasteiger partial charge on any atom is 0.321 e. The number of rotatable bonds is 8.